The van der Waals surface area contributed by atoms with Gasteiger partial charge in [-0.1, -0.05) is 42.5 Å². The molecule has 3 rings (SSSR count). The smallest absolute Gasteiger partial charge is 0.339 e. The van der Waals surface area contributed by atoms with Gasteiger partial charge in [-0.2, -0.15) is 0 Å². The molecule has 0 saturated heterocycles. The molecule has 0 bridgehead atoms. The lowest BCUT2D eigenvalue weighted by Crippen LogP contribution is -2.21. The van der Waals surface area contributed by atoms with Crippen LogP contribution in [0, 0.1) is 5.82 Å². The predicted octanol–water partition coefficient (Wildman–Crippen LogP) is 4.20. The first-order chi connectivity index (χ1) is 13.6. The van der Waals surface area contributed by atoms with Gasteiger partial charge in [0.15, 0.2) is 6.61 Å². The first-order valence-electron chi connectivity index (χ1n) is 8.60. The molecule has 1 N–H and O–H groups in total. The Balaban J connectivity index is 1.57. The highest BCUT2D eigenvalue weighted by Crippen LogP contribution is 2.16. The standard InChI is InChI=1S/C22H18FNO4/c23-17-8-6-9-18(13-17)24-21(25)15-28-22(26)20-12-5-4-7-16(20)14-27-19-10-2-1-3-11-19/h1-13H,14-15H2,(H,24,25). The SMILES string of the molecule is O=C(COC(=O)c1ccccc1COc1ccccc1)Nc1cccc(F)c1. The second kappa shape index (κ2) is 9.32. The number of halogens is 1. The molecule has 6 heteroatoms. The van der Waals surface area contributed by atoms with Crippen LogP contribution in [0.25, 0.3) is 0 Å². The summed E-state index contributed by atoms with van der Waals surface area (Å²) in [6.45, 7) is -0.298. The minimum absolute atomic E-state index is 0.185. The summed E-state index contributed by atoms with van der Waals surface area (Å²) in [6.07, 6.45) is 0. The number of amides is 1. The largest absolute Gasteiger partial charge is 0.489 e. The summed E-state index contributed by atoms with van der Waals surface area (Å²) in [5.74, 6) is -0.985. The van der Waals surface area contributed by atoms with Crippen molar-refractivity contribution < 1.29 is 23.5 Å². The van der Waals surface area contributed by atoms with E-state index in [4.69, 9.17) is 9.47 Å². The molecule has 0 atom stereocenters. The van der Waals surface area contributed by atoms with Crippen LogP contribution in [0.5, 0.6) is 5.75 Å². The Bertz CT molecular complexity index is 960. The second-order valence-electron chi connectivity index (χ2n) is 5.89. The van der Waals surface area contributed by atoms with Crippen LogP contribution >= 0.6 is 0 Å². The van der Waals surface area contributed by atoms with Crippen LogP contribution in [0.3, 0.4) is 0 Å². The van der Waals surface area contributed by atoms with Crippen molar-refractivity contribution in [3.63, 3.8) is 0 Å². The van der Waals surface area contributed by atoms with E-state index >= 15 is 0 Å². The van der Waals surface area contributed by atoms with Gasteiger partial charge in [0.25, 0.3) is 5.91 Å². The fraction of sp³-hybridized carbons (Fsp3) is 0.0909. The van der Waals surface area contributed by atoms with E-state index in [2.05, 4.69) is 5.32 Å². The highest BCUT2D eigenvalue weighted by Gasteiger charge is 2.15. The Kier molecular flexibility index (Phi) is 6.36. The number of esters is 1. The molecule has 28 heavy (non-hydrogen) atoms. The third-order valence-corrected chi connectivity index (χ3v) is 3.82. The predicted molar refractivity (Wildman–Crippen MR) is 103 cm³/mol. The third-order valence-electron chi connectivity index (χ3n) is 3.82. The summed E-state index contributed by atoms with van der Waals surface area (Å²) in [7, 11) is 0. The van der Waals surface area contributed by atoms with Crippen molar-refractivity contribution in [1.82, 2.24) is 0 Å². The van der Waals surface area contributed by atoms with E-state index in [-0.39, 0.29) is 12.3 Å². The van der Waals surface area contributed by atoms with Crippen molar-refractivity contribution in [2.45, 2.75) is 6.61 Å². The van der Waals surface area contributed by atoms with Crippen molar-refractivity contribution in [2.75, 3.05) is 11.9 Å². The molecule has 5 nitrogen and oxygen atoms in total. The van der Waals surface area contributed by atoms with Crippen molar-refractivity contribution in [2.24, 2.45) is 0 Å². The van der Waals surface area contributed by atoms with Crippen LogP contribution in [-0.4, -0.2) is 18.5 Å². The van der Waals surface area contributed by atoms with Gasteiger partial charge in [-0.25, -0.2) is 9.18 Å². The minimum Gasteiger partial charge on any atom is -0.489 e. The van der Waals surface area contributed by atoms with Gasteiger partial charge >= 0.3 is 5.97 Å². The van der Waals surface area contributed by atoms with E-state index in [9.17, 15) is 14.0 Å². The van der Waals surface area contributed by atoms with E-state index in [0.717, 1.165) is 0 Å². The molecular formula is C22H18FNO4. The average Bonchev–Trinajstić information content (AvgIpc) is 2.71. The lowest BCUT2D eigenvalue weighted by Gasteiger charge is -2.11. The molecule has 0 saturated carbocycles. The number of carbonyl (C=O) groups is 2. The molecule has 0 radical (unpaired) electrons. The van der Waals surface area contributed by atoms with Crippen LogP contribution in [0.1, 0.15) is 15.9 Å². The summed E-state index contributed by atoms with van der Waals surface area (Å²) in [4.78, 5) is 24.3. The Morgan fingerprint density at radius 1 is 0.893 bits per heavy atom. The molecule has 0 aromatic heterocycles. The number of benzene rings is 3. The summed E-state index contributed by atoms with van der Waals surface area (Å²) >= 11 is 0. The van der Waals surface area contributed by atoms with Crippen LogP contribution in [0.2, 0.25) is 0 Å². The number of carbonyl (C=O) groups excluding carboxylic acids is 2. The van der Waals surface area contributed by atoms with E-state index in [1.807, 2.05) is 30.3 Å². The maximum Gasteiger partial charge on any atom is 0.339 e. The number of hydrogen-bond donors (Lipinski definition) is 1. The molecule has 0 unspecified atom stereocenters. The first-order valence-corrected chi connectivity index (χ1v) is 8.60. The van der Waals surface area contributed by atoms with Gasteiger partial charge in [-0.05, 0) is 36.4 Å². The van der Waals surface area contributed by atoms with Crippen molar-refractivity contribution in [3.8, 4) is 5.75 Å². The van der Waals surface area contributed by atoms with Crippen LogP contribution < -0.4 is 10.1 Å². The maximum absolute atomic E-state index is 13.1. The summed E-state index contributed by atoms with van der Waals surface area (Å²) < 4.78 is 23.9. The Morgan fingerprint density at radius 2 is 1.64 bits per heavy atom. The van der Waals surface area contributed by atoms with Crippen molar-refractivity contribution >= 4 is 17.6 Å². The number of ether oxygens (including phenoxy) is 2. The van der Waals surface area contributed by atoms with Gasteiger partial charge in [0.05, 0.1) is 5.56 Å². The molecule has 142 valence electrons. The molecule has 0 aliphatic heterocycles. The highest BCUT2D eigenvalue weighted by molar-refractivity contribution is 5.96. The highest BCUT2D eigenvalue weighted by atomic mass is 19.1. The van der Waals surface area contributed by atoms with Gasteiger partial charge in [-0.15, -0.1) is 0 Å². The number of para-hydroxylation sites is 1. The zero-order valence-corrected chi connectivity index (χ0v) is 14.9. The maximum atomic E-state index is 13.1. The molecule has 0 aliphatic rings. The zero-order valence-electron chi connectivity index (χ0n) is 14.9. The molecule has 0 heterocycles. The number of rotatable bonds is 7. The van der Waals surface area contributed by atoms with E-state index in [0.29, 0.717) is 16.9 Å². The van der Waals surface area contributed by atoms with Gasteiger partial charge in [0, 0.05) is 11.3 Å². The van der Waals surface area contributed by atoms with Gasteiger partial charge in [0.1, 0.15) is 18.2 Å². The zero-order chi connectivity index (χ0) is 19.8. The fourth-order valence-electron chi connectivity index (χ4n) is 2.50. The summed E-state index contributed by atoms with van der Waals surface area (Å²) in [6, 6.07) is 21.5. The van der Waals surface area contributed by atoms with Gasteiger partial charge in [-0.3, -0.25) is 4.79 Å². The van der Waals surface area contributed by atoms with Crippen molar-refractivity contribution in [3.05, 3.63) is 95.8 Å². The van der Waals surface area contributed by atoms with Gasteiger partial charge < -0.3 is 14.8 Å². The quantitative estimate of drug-likeness (QED) is 0.625. The third kappa shape index (κ3) is 5.41. The Labute approximate surface area is 161 Å². The van der Waals surface area contributed by atoms with Crippen LogP contribution in [0.4, 0.5) is 10.1 Å². The second-order valence-corrected chi connectivity index (χ2v) is 5.89. The monoisotopic (exact) mass is 379 g/mol. The fourth-order valence-corrected chi connectivity index (χ4v) is 2.50. The molecular weight excluding hydrogens is 361 g/mol. The van der Waals surface area contributed by atoms with E-state index in [1.54, 1.807) is 30.3 Å². The van der Waals surface area contributed by atoms with Crippen LogP contribution in [0.15, 0.2) is 78.9 Å². The first kappa shape index (κ1) is 19.1. The molecule has 3 aromatic rings. The molecule has 0 aliphatic carbocycles. The van der Waals surface area contributed by atoms with Crippen molar-refractivity contribution in [1.29, 1.82) is 0 Å². The molecule has 0 fully saturated rings. The van der Waals surface area contributed by atoms with Gasteiger partial charge in [0.2, 0.25) is 0 Å². The van der Waals surface area contributed by atoms with E-state index in [1.165, 1.54) is 18.2 Å². The molecule has 1 amide bonds. The Hall–Kier alpha value is -3.67. The number of anilines is 1. The minimum atomic E-state index is -0.637. The summed E-state index contributed by atoms with van der Waals surface area (Å²) in [5.41, 5.74) is 1.25. The molecule has 3 aromatic carbocycles. The normalized spacial score (nSPS) is 10.2. The lowest BCUT2D eigenvalue weighted by atomic mass is 10.1. The molecule has 0 spiro atoms. The lowest BCUT2D eigenvalue weighted by molar-refractivity contribution is -0.119. The average molecular weight is 379 g/mol. The topological polar surface area (TPSA) is 64.6 Å². The summed E-state index contributed by atoms with van der Waals surface area (Å²) in [5, 5.41) is 2.47. The Morgan fingerprint density at radius 3 is 2.43 bits per heavy atom. The number of nitrogens with one attached hydrogen (secondary N) is 1. The van der Waals surface area contributed by atoms with Crippen LogP contribution in [-0.2, 0) is 16.1 Å². The van der Waals surface area contributed by atoms with E-state index < -0.39 is 24.3 Å². The number of hydrogen-bond acceptors (Lipinski definition) is 4.